The predicted molar refractivity (Wildman–Crippen MR) is 148 cm³/mol. The van der Waals surface area contributed by atoms with Gasteiger partial charge in [-0.25, -0.2) is 0 Å². The second-order valence-electron chi connectivity index (χ2n) is 9.19. The van der Waals surface area contributed by atoms with Crippen molar-refractivity contribution in [2.75, 3.05) is 29.5 Å². The third-order valence-corrected chi connectivity index (χ3v) is 6.81. The third kappa shape index (κ3) is 4.96. The Morgan fingerprint density at radius 3 is 2.24 bits per heavy atom. The number of ketones is 1. The van der Waals surface area contributed by atoms with E-state index in [1.807, 2.05) is 69.3 Å². The Morgan fingerprint density at radius 1 is 0.946 bits per heavy atom. The van der Waals surface area contributed by atoms with Gasteiger partial charge in [0.05, 0.1) is 18.2 Å². The number of aliphatic hydroxyl groups is 1. The van der Waals surface area contributed by atoms with Gasteiger partial charge in [-0.1, -0.05) is 24.3 Å². The number of hydrogen-bond donors (Lipinski definition) is 1. The predicted octanol–water partition coefficient (Wildman–Crippen LogP) is 6.17. The van der Waals surface area contributed by atoms with Gasteiger partial charge in [0, 0.05) is 30.0 Å². The molecule has 1 saturated heterocycles. The summed E-state index contributed by atoms with van der Waals surface area (Å²) < 4.78 is 5.63. The molecule has 0 spiro atoms. The molecule has 37 heavy (non-hydrogen) atoms. The van der Waals surface area contributed by atoms with Gasteiger partial charge in [0.25, 0.3) is 11.7 Å². The van der Waals surface area contributed by atoms with Gasteiger partial charge in [0.1, 0.15) is 11.5 Å². The van der Waals surface area contributed by atoms with Crippen LogP contribution < -0.4 is 14.5 Å². The molecule has 1 atom stereocenters. The van der Waals surface area contributed by atoms with E-state index in [1.54, 1.807) is 18.2 Å². The van der Waals surface area contributed by atoms with Gasteiger partial charge in [0.15, 0.2) is 0 Å². The van der Waals surface area contributed by atoms with Crippen molar-refractivity contribution in [2.45, 2.75) is 40.7 Å². The third-order valence-electron chi connectivity index (χ3n) is 6.81. The first-order valence-corrected chi connectivity index (χ1v) is 12.8. The van der Waals surface area contributed by atoms with Crippen molar-refractivity contribution in [2.24, 2.45) is 0 Å². The van der Waals surface area contributed by atoms with Gasteiger partial charge < -0.3 is 14.7 Å². The van der Waals surface area contributed by atoms with E-state index < -0.39 is 17.7 Å². The lowest BCUT2D eigenvalue weighted by Crippen LogP contribution is -2.29. The highest BCUT2D eigenvalue weighted by molar-refractivity contribution is 6.51. The summed E-state index contributed by atoms with van der Waals surface area (Å²) in [4.78, 5) is 30.6. The van der Waals surface area contributed by atoms with Gasteiger partial charge in [-0.3, -0.25) is 14.5 Å². The van der Waals surface area contributed by atoms with Crippen molar-refractivity contribution < 1.29 is 19.4 Å². The number of amides is 1. The fraction of sp³-hybridized carbons (Fsp3) is 0.290. The average molecular weight is 499 g/mol. The monoisotopic (exact) mass is 498 g/mol. The molecule has 4 rings (SSSR count). The number of Topliss-reactive ketones (excluding diaryl/α,β-unsaturated/α-hetero) is 1. The molecule has 6 nitrogen and oxygen atoms in total. The number of aryl methyl sites for hydroxylation is 2. The molecule has 0 saturated carbocycles. The van der Waals surface area contributed by atoms with Crippen molar-refractivity contribution in [3.05, 3.63) is 94.6 Å². The molecule has 1 heterocycles. The largest absolute Gasteiger partial charge is 0.507 e. The minimum Gasteiger partial charge on any atom is -0.507 e. The number of aliphatic hydroxyl groups excluding tert-OH is 1. The van der Waals surface area contributed by atoms with Crippen LogP contribution in [0.1, 0.15) is 49.1 Å². The van der Waals surface area contributed by atoms with E-state index in [9.17, 15) is 14.7 Å². The number of hydrogen-bond acceptors (Lipinski definition) is 5. The maximum absolute atomic E-state index is 13.5. The summed E-state index contributed by atoms with van der Waals surface area (Å²) in [7, 11) is 0. The first-order chi connectivity index (χ1) is 17.8. The normalized spacial score (nSPS) is 16.8. The van der Waals surface area contributed by atoms with Crippen LogP contribution in [0.15, 0.2) is 72.3 Å². The van der Waals surface area contributed by atoms with Gasteiger partial charge >= 0.3 is 0 Å². The average Bonchev–Trinajstić information content (AvgIpc) is 3.16. The maximum atomic E-state index is 13.5. The number of nitrogens with zero attached hydrogens (tertiary/aromatic N) is 2. The summed E-state index contributed by atoms with van der Waals surface area (Å²) in [5.41, 5.74) is 4.76. The Morgan fingerprint density at radius 2 is 1.65 bits per heavy atom. The number of ether oxygens (including phenoxy) is 1. The van der Waals surface area contributed by atoms with Crippen LogP contribution >= 0.6 is 0 Å². The SMILES string of the molecule is CCOc1ccc(/C(O)=C2/C(=O)C(=O)N(c3cccc(C)c3)C2c2ccc(N(CC)CC)cc2)cc1C. The van der Waals surface area contributed by atoms with E-state index in [2.05, 4.69) is 18.7 Å². The minimum atomic E-state index is -0.764. The highest BCUT2D eigenvalue weighted by atomic mass is 16.5. The minimum absolute atomic E-state index is 0.0747. The van der Waals surface area contributed by atoms with E-state index >= 15 is 0 Å². The van der Waals surface area contributed by atoms with E-state index in [4.69, 9.17) is 4.74 Å². The lowest BCUT2D eigenvalue weighted by atomic mass is 9.94. The number of carbonyl (C=O) groups excluding carboxylic acids is 2. The molecule has 0 aliphatic carbocycles. The summed E-state index contributed by atoms with van der Waals surface area (Å²) in [6, 6.07) is 19.9. The fourth-order valence-corrected chi connectivity index (χ4v) is 4.92. The molecule has 1 amide bonds. The summed E-state index contributed by atoms with van der Waals surface area (Å²) in [6.45, 7) is 12.2. The Bertz CT molecular complexity index is 1340. The number of rotatable bonds is 8. The van der Waals surface area contributed by atoms with Crippen LogP contribution in [-0.4, -0.2) is 36.5 Å². The molecule has 0 bridgehead atoms. The van der Waals surface area contributed by atoms with E-state index in [0.29, 0.717) is 23.6 Å². The molecule has 1 unspecified atom stereocenters. The van der Waals surface area contributed by atoms with Crippen molar-refractivity contribution in [3.63, 3.8) is 0 Å². The van der Waals surface area contributed by atoms with E-state index in [-0.39, 0.29) is 11.3 Å². The summed E-state index contributed by atoms with van der Waals surface area (Å²) >= 11 is 0. The van der Waals surface area contributed by atoms with Gasteiger partial charge in [-0.05, 0) is 93.8 Å². The number of anilines is 2. The lowest BCUT2D eigenvalue weighted by Gasteiger charge is -2.27. The Labute approximate surface area is 218 Å². The van der Waals surface area contributed by atoms with Gasteiger partial charge in [-0.15, -0.1) is 0 Å². The van der Waals surface area contributed by atoms with Crippen molar-refractivity contribution in [1.29, 1.82) is 0 Å². The van der Waals surface area contributed by atoms with Gasteiger partial charge in [-0.2, -0.15) is 0 Å². The summed E-state index contributed by atoms with van der Waals surface area (Å²) in [6.07, 6.45) is 0. The van der Waals surface area contributed by atoms with Crippen LogP contribution in [0.3, 0.4) is 0 Å². The van der Waals surface area contributed by atoms with Crippen LogP contribution in [0.25, 0.3) is 5.76 Å². The molecule has 1 N–H and O–H groups in total. The molecule has 1 fully saturated rings. The summed E-state index contributed by atoms with van der Waals surface area (Å²) in [5.74, 6) is -0.851. The van der Waals surface area contributed by atoms with Crippen molar-refractivity contribution >= 4 is 28.8 Å². The molecule has 0 aromatic heterocycles. The highest BCUT2D eigenvalue weighted by Gasteiger charge is 2.47. The molecule has 3 aromatic rings. The molecule has 192 valence electrons. The zero-order valence-corrected chi connectivity index (χ0v) is 22.1. The number of carbonyl (C=O) groups is 2. The van der Waals surface area contributed by atoms with Crippen molar-refractivity contribution in [1.82, 2.24) is 0 Å². The standard InChI is InChI=1S/C31H34N2O4/c1-6-32(7-2)24-15-12-22(13-16-24)28-27(29(34)23-14-17-26(37-8-3)21(5)19-23)30(35)31(36)33(28)25-11-9-10-20(4)18-25/h9-19,28,34H,6-8H2,1-5H3/b29-27-. The molecular weight excluding hydrogens is 464 g/mol. The quantitative estimate of drug-likeness (QED) is 0.228. The topological polar surface area (TPSA) is 70.1 Å². The lowest BCUT2D eigenvalue weighted by molar-refractivity contribution is -0.132. The first kappa shape index (κ1) is 26.0. The molecule has 1 aliphatic heterocycles. The van der Waals surface area contributed by atoms with Crippen LogP contribution in [0.2, 0.25) is 0 Å². The smallest absolute Gasteiger partial charge is 0.300 e. The molecule has 1 aliphatic rings. The second-order valence-corrected chi connectivity index (χ2v) is 9.19. The second kappa shape index (κ2) is 10.9. The Kier molecular flexibility index (Phi) is 7.67. The van der Waals surface area contributed by atoms with Gasteiger partial charge in [0.2, 0.25) is 0 Å². The molecular formula is C31H34N2O4. The molecule has 6 heteroatoms. The van der Waals surface area contributed by atoms with Crippen LogP contribution in [0, 0.1) is 13.8 Å². The van der Waals surface area contributed by atoms with E-state index in [0.717, 1.165) is 35.5 Å². The van der Waals surface area contributed by atoms with Crippen LogP contribution in [0.5, 0.6) is 5.75 Å². The molecule has 3 aromatic carbocycles. The zero-order valence-electron chi connectivity index (χ0n) is 22.1. The van der Waals surface area contributed by atoms with E-state index in [1.165, 1.54) is 4.90 Å². The number of benzene rings is 3. The fourth-order valence-electron chi connectivity index (χ4n) is 4.92. The highest BCUT2D eigenvalue weighted by Crippen LogP contribution is 2.43. The Hall–Kier alpha value is -4.06. The molecule has 0 radical (unpaired) electrons. The maximum Gasteiger partial charge on any atom is 0.300 e. The van der Waals surface area contributed by atoms with Crippen LogP contribution in [-0.2, 0) is 9.59 Å². The Balaban J connectivity index is 1.89. The summed E-state index contributed by atoms with van der Waals surface area (Å²) in [5, 5.41) is 11.5. The zero-order chi connectivity index (χ0) is 26.7. The first-order valence-electron chi connectivity index (χ1n) is 12.8. The van der Waals surface area contributed by atoms with Crippen LogP contribution in [0.4, 0.5) is 11.4 Å². The van der Waals surface area contributed by atoms with Crippen molar-refractivity contribution in [3.8, 4) is 5.75 Å².